The molecule has 37 heavy (non-hydrogen) atoms. The molecule has 11 nitrogen and oxygen atoms in total. The van der Waals surface area contributed by atoms with Crippen molar-refractivity contribution < 1.29 is 32.2 Å². The number of fused-ring (bicyclic) bond motifs is 1. The monoisotopic (exact) mass is 519 g/mol. The zero-order valence-electron chi connectivity index (χ0n) is 19.8. The van der Waals surface area contributed by atoms with Crippen LogP contribution in [-0.4, -0.2) is 71.8 Å². The molecule has 2 amide bonds. The lowest BCUT2D eigenvalue weighted by Crippen LogP contribution is -2.45. The minimum Gasteiger partial charge on any atom is -0.423 e. The number of rotatable bonds is 6. The molecule has 14 heteroatoms. The number of anilines is 2. The number of nitrogens with zero attached hydrogens (tertiary/aromatic N) is 5. The molecule has 2 aliphatic rings. The number of alkyl halides is 3. The van der Waals surface area contributed by atoms with E-state index in [9.17, 15) is 18.0 Å². The second-order valence-electron chi connectivity index (χ2n) is 8.85. The van der Waals surface area contributed by atoms with E-state index in [1.165, 1.54) is 16.8 Å². The average Bonchev–Trinajstić information content (AvgIpc) is 3.57. The van der Waals surface area contributed by atoms with Crippen LogP contribution in [0.3, 0.4) is 0 Å². The lowest BCUT2D eigenvalue weighted by Gasteiger charge is -2.19. The van der Waals surface area contributed by atoms with Gasteiger partial charge in [-0.15, -0.1) is 0 Å². The molecular weight excluding hydrogens is 495 g/mol. The molecule has 0 bridgehead atoms. The van der Waals surface area contributed by atoms with Gasteiger partial charge in [-0.25, -0.2) is 4.79 Å². The van der Waals surface area contributed by atoms with Crippen molar-refractivity contribution in [3.05, 3.63) is 54.1 Å². The van der Waals surface area contributed by atoms with Gasteiger partial charge in [-0.05, 0) is 40.8 Å². The molecule has 2 aliphatic heterocycles. The van der Waals surface area contributed by atoms with Crippen LogP contribution >= 0.6 is 0 Å². The topological polar surface area (TPSA) is 116 Å². The number of urea groups is 1. The highest BCUT2D eigenvalue weighted by molar-refractivity contribution is 5.89. The Kier molecular flexibility index (Phi) is 6.60. The molecule has 0 aliphatic carbocycles. The number of ether oxygens (including phenoxy) is 3. The summed E-state index contributed by atoms with van der Waals surface area (Å²) in [6.45, 7) is 0.354. The van der Waals surface area contributed by atoms with Crippen molar-refractivity contribution in [2.45, 2.75) is 30.5 Å². The molecular formula is C23H24F3N7O4. The molecule has 5 rings (SSSR count). The number of nitrogens with one attached hydrogen (secondary N) is 2. The van der Waals surface area contributed by atoms with Crippen LogP contribution in [-0.2, 0) is 15.7 Å². The van der Waals surface area contributed by atoms with Crippen LogP contribution < -0.4 is 20.3 Å². The second-order valence-corrected chi connectivity index (χ2v) is 8.85. The van der Waals surface area contributed by atoms with Crippen LogP contribution in [0.1, 0.15) is 11.6 Å². The van der Waals surface area contributed by atoms with E-state index >= 15 is 0 Å². The SMILES string of the molecule is CN(C)c1cccc(Oc2nnnn2C2COC3C(NC(=O)Nc4cccc(C(F)(F)F)c4)COC32)c1. The van der Waals surface area contributed by atoms with Gasteiger partial charge in [0.25, 0.3) is 0 Å². The molecule has 0 saturated carbocycles. The van der Waals surface area contributed by atoms with Crippen molar-refractivity contribution in [3.8, 4) is 11.8 Å². The number of benzene rings is 2. The maximum absolute atomic E-state index is 12.9. The van der Waals surface area contributed by atoms with Crippen LogP contribution in [0.2, 0.25) is 0 Å². The molecule has 2 saturated heterocycles. The van der Waals surface area contributed by atoms with Crippen molar-refractivity contribution in [1.29, 1.82) is 0 Å². The van der Waals surface area contributed by atoms with E-state index < -0.39 is 42.1 Å². The summed E-state index contributed by atoms with van der Waals surface area (Å²) in [7, 11) is 3.84. The number of aromatic nitrogens is 4. The van der Waals surface area contributed by atoms with Crippen LogP contribution in [0.15, 0.2) is 48.5 Å². The zero-order chi connectivity index (χ0) is 26.2. The Morgan fingerprint density at radius 2 is 1.89 bits per heavy atom. The summed E-state index contributed by atoms with van der Waals surface area (Å²) in [4.78, 5) is 14.4. The molecule has 3 heterocycles. The second kappa shape index (κ2) is 9.86. The summed E-state index contributed by atoms with van der Waals surface area (Å²) >= 11 is 0. The minimum atomic E-state index is -4.51. The van der Waals surface area contributed by atoms with Crippen LogP contribution in [0.4, 0.5) is 29.3 Å². The van der Waals surface area contributed by atoms with Gasteiger partial charge in [0.2, 0.25) is 0 Å². The highest BCUT2D eigenvalue weighted by Gasteiger charge is 2.50. The highest BCUT2D eigenvalue weighted by Crippen LogP contribution is 2.36. The maximum Gasteiger partial charge on any atom is 0.416 e. The predicted octanol–water partition coefficient (Wildman–Crippen LogP) is 3.08. The molecule has 4 unspecified atom stereocenters. The smallest absolute Gasteiger partial charge is 0.416 e. The van der Waals surface area contributed by atoms with Gasteiger partial charge in [0.15, 0.2) is 0 Å². The lowest BCUT2D eigenvalue weighted by atomic mass is 10.1. The third kappa shape index (κ3) is 5.29. The minimum absolute atomic E-state index is 0.0156. The third-order valence-electron chi connectivity index (χ3n) is 6.11. The van der Waals surface area contributed by atoms with Crippen molar-refractivity contribution in [3.63, 3.8) is 0 Å². The summed E-state index contributed by atoms with van der Waals surface area (Å²) in [5.74, 6) is 0.552. The summed E-state index contributed by atoms with van der Waals surface area (Å²) in [5.41, 5.74) is 0.100. The Bertz CT molecular complexity index is 1270. The van der Waals surface area contributed by atoms with E-state index in [2.05, 4.69) is 26.2 Å². The Hall–Kier alpha value is -3.91. The quantitative estimate of drug-likeness (QED) is 0.511. The summed E-state index contributed by atoms with van der Waals surface area (Å²) in [5, 5.41) is 16.9. The summed E-state index contributed by atoms with van der Waals surface area (Å²) in [6.07, 6.45) is -5.49. The summed E-state index contributed by atoms with van der Waals surface area (Å²) in [6, 6.07) is 10.4. The molecule has 4 atom stereocenters. The molecule has 3 aromatic rings. The normalized spacial score (nSPS) is 22.9. The van der Waals surface area contributed by atoms with E-state index in [1.54, 1.807) is 6.07 Å². The first-order valence-electron chi connectivity index (χ1n) is 11.4. The first-order chi connectivity index (χ1) is 17.7. The number of tetrazole rings is 1. The molecule has 0 spiro atoms. The Morgan fingerprint density at radius 3 is 2.68 bits per heavy atom. The van der Waals surface area contributed by atoms with Crippen LogP contribution in [0, 0.1) is 0 Å². The van der Waals surface area contributed by atoms with Gasteiger partial charge < -0.3 is 29.7 Å². The highest BCUT2D eigenvalue weighted by atomic mass is 19.4. The van der Waals surface area contributed by atoms with Crippen LogP contribution in [0.25, 0.3) is 0 Å². The molecule has 1 aromatic heterocycles. The van der Waals surface area contributed by atoms with Crippen LogP contribution in [0.5, 0.6) is 11.8 Å². The first kappa shape index (κ1) is 24.8. The standard InChI is InChI=1S/C23H24F3N7O4/c1-32(2)15-7-4-8-16(10-15)37-22-29-30-31-33(22)18-12-36-19-17(11-35-20(18)19)28-21(34)27-14-6-3-5-13(9-14)23(24,25)26/h3-10,17-20H,11-12H2,1-2H3,(H2,27,28,34). The number of halogens is 3. The van der Waals surface area contributed by atoms with Gasteiger partial charge in [-0.3, -0.25) is 0 Å². The van der Waals surface area contributed by atoms with Crippen molar-refractivity contribution in [1.82, 2.24) is 25.5 Å². The fourth-order valence-corrected chi connectivity index (χ4v) is 4.31. The molecule has 196 valence electrons. The number of carbonyl (C=O) groups is 1. The van der Waals surface area contributed by atoms with E-state index in [4.69, 9.17) is 14.2 Å². The average molecular weight is 519 g/mol. The fourth-order valence-electron chi connectivity index (χ4n) is 4.31. The number of hydrogen-bond acceptors (Lipinski definition) is 8. The van der Waals surface area contributed by atoms with E-state index in [0.29, 0.717) is 5.75 Å². The largest absolute Gasteiger partial charge is 0.423 e. The summed E-state index contributed by atoms with van der Waals surface area (Å²) < 4.78 is 58.0. The molecule has 2 fully saturated rings. The van der Waals surface area contributed by atoms with Gasteiger partial charge in [0, 0.05) is 31.5 Å². The lowest BCUT2D eigenvalue weighted by molar-refractivity contribution is -0.137. The Balaban J connectivity index is 1.22. The maximum atomic E-state index is 12.9. The molecule has 2 aromatic carbocycles. The van der Waals surface area contributed by atoms with Crippen molar-refractivity contribution in [2.24, 2.45) is 0 Å². The zero-order valence-corrected chi connectivity index (χ0v) is 19.8. The van der Waals surface area contributed by atoms with Gasteiger partial charge >= 0.3 is 18.2 Å². The fraction of sp³-hybridized carbons (Fsp3) is 0.391. The molecule has 2 N–H and O–H groups in total. The number of hydrogen-bond donors (Lipinski definition) is 2. The molecule has 0 radical (unpaired) electrons. The van der Waals surface area contributed by atoms with Gasteiger partial charge in [0.05, 0.1) is 24.8 Å². The predicted molar refractivity (Wildman–Crippen MR) is 125 cm³/mol. The van der Waals surface area contributed by atoms with Gasteiger partial charge in [0.1, 0.15) is 24.0 Å². The van der Waals surface area contributed by atoms with E-state index in [-0.39, 0.29) is 24.9 Å². The van der Waals surface area contributed by atoms with Crippen molar-refractivity contribution in [2.75, 3.05) is 37.5 Å². The number of carbonyl (C=O) groups excluding carboxylic acids is 1. The van der Waals surface area contributed by atoms with Gasteiger partial charge in [-0.2, -0.15) is 17.9 Å². The van der Waals surface area contributed by atoms with E-state index in [0.717, 1.165) is 17.8 Å². The first-order valence-corrected chi connectivity index (χ1v) is 11.4. The Labute approximate surface area is 209 Å². The Morgan fingerprint density at radius 1 is 1.11 bits per heavy atom. The number of amides is 2. The van der Waals surface area contributed by atoms with Gasteiger partial charge in [-0.1, -0.05) is 17.2 Å². The third-order valence-corrected chi connectivity index (χ3v) is 6.11. The van der Waals surface area contributed by atoms with E-state index in [1.807, 2.05) is 37.2 Å². The van der Waals surface area contributed by atoms with Crippen molar-refractivity contribution >= 4 is 17.4 Å².